The molecule has 0 nitrogen and oxygen atoms in total. The summed E-state index contributed by atoms with van der Waals surface area (Å²) in [7, 11) is 0. The van der Waals surface area contributed by atoms with E-state index in [-0.39, 0.29) is 31.0 Å². The zero-order valence-corrected chi connectivity index (χ0v) is 28.6. The number of halogens is 1. The SMILES string of the molecule is CCCCCCCCCCCCCCCCCC(Cl)CCCCCCCCCCCCCCCC.[H-].[Na+]. The van der Waals surface area contributed by atoms with Crippen LogP contribution >= 0.6 is 11.6 Å². The number of rotatable bonds is 31. The summed E-state index contributed by atoms with van der Waals surface area (Å²) in [5.41, 5.74) is 0. The van der Waals surface area contributed by atoms with E-state index in [0.717, 1.165) is 0 Å². The minimum absolute atomic E-state index is 0. The molecule has 0 spiro atoms. The Morgan fingerprint density at radius 2 is 0.500 bits per heavy atom. The first-order chi connectivity index (χ1) is 17.3. The van der Waals surface area contributed by atoms with Crippen LogP contribution in [0.25, 0.3) is 0 Å². The standard InChI is InChI=1S/C34H69Cl.Na.H/c1-3-5-7-9-11-13-15-17-19-21-23-25-27-29-31-33-34(35)32-30-28-26-24-22-20-18-16-14-12-10-8-6-4-2;;/h34H,3-33H2,1-2H3;;/q;+1;-1. The fraction of sp³-hybridized carbons (Fsp3) is 1.00. The number of alkyl halides is 1. The minimum Gasteiger partial charge on any atom is -1.00 e. The van der Waals surface area contributed by atoms with Crippen LogP contribution < -0.4 is 29.6 Å². The van der Waals surface area contributed by atoms with E-state index in [1.54, 1.807) is 0 Å². The zero-order chi connectivity index (χ0) is 25.5. The van der Waals surface area contributed by atoms with Crippen molar-refractivity contribution in [3.63, 3.8) is 0 Å². The van der Waals surface area contributed by atoms with Gasteiger partial charge in [0, 0.05) is 5.38 Å². The Balaban J connectivity index is -0.00000578. The largest absolute Gasteiger partial charge is 1.00 e. The van der Waals surface area contributed by atoms with Gasteiger partial charge in [-0.2, -0.15) is 0 Å². The van der Waals surface area contributed by atoms with E-state index in [9.17, 15) is 0 Å². The van der Waals surface area contributed by atoms with Gasteiger partial charge in [0.05, 0.1) is 0 Å². The zero-order valence-electron chi connectivity index (χ0n) is 26.9. The van der Waals surface area contributed by atoms with Crippen molar-refractivity contribution in [1.29, 1.82) is 0 Å². The van der Waals surface area contributed by atoms with Crippen molar-refractivity contribution in [2.45, 2.75) is 218 Å². The summed E-state index contributed by atoms with van der Waals surface area (Å²) >= 11 is 6.59. The van der Waals surface area contributed by atoms with Crippen LogP contribution in [0.1, 0.15) is 214 Å². The number of unbranched alkanes of at least 4 members (excludes halogenated alkanes) is 27. The first-order valence-electron chi connectivity index (χ1n) is 16.9. The summed E-state index contributed by atoms with van der Waals surface area (Å²) in [5.74, 6) is 0. The normalized spacial score (nSPS) is 12.1. The van der Waals surface area contributed by atoms with E-state index in [4.69, 9.17) is 11.6 Å². The molecule has 1 unspecified atom stereocenters. The monoisotopic (exact) mass is 537 g/mol. The summed E-state index contributed by atoms with van der Waals surface area (Å²) in [6.07, 6.45) is 44.3. The molecule has 36 heavy (non-hydrogen) atoms. The van der Waals surface area contributed by atoms with Crippen LogP contribution in [-0.2, 0) is 0 Å². The van der Waals surface area contributed by atoms with Crippen molar-refractivity contribution in [1.82, 2.24) is 0 Å². The Labute approximate surface area is 259 Å². The van der Waals surface area contributed by atoms with E-state index < -0.39 is 0 Å². The van der Waals surface area contributed by atoms with Crippen LogP contribution in [0.4, 0.5) is 0 Å². The first kappa shape index (κ1) is 39.4. The van der Waals surface area contributed by atoms with Crippen LogP contribution in [-0.4, -0.2) is 5.38 Å². The van der Waals surface area contributed by atoms with Crippen molar-refractivity contribution < 1.29 is 31.0 Å². The second-order valence-electron chi connectivity index (χ2n) is 11.7. The summed E-state index contributed by atoms with van der Waals surface area (Å²) < 4.78 is 0. The molecule has 0 fully saturated rings. The molecule has 0 aliphatic carbocycles. The van der Waals surface area contributed by atoms with E-state index in [0.29, 0.717) is 5.38 Å². The van der Waals surface area contributed by atoms with E-state index in [2.05, 4.69) is 13.8 Å². The van der Waals surface area contributed by atoms with E-state index >= 15 is 0 Å². The van der Waals surface area contributed by atoms with Crippen molar-refractivity contribution in [2.24, 2.45) is 0 Å². The molecular weight excluding hydrogens is 467 g/mol. The van der Waals surface area contributed by atoms with Crippen molar-refractivity contribution in [3.05, 3.63) is 0 Å². The van der Waals surface area contributed by atoms with Crippen molar-refractivity contribution in [2.75, 3.05) is 0 Å². The summed E-state index contributed by atoms with van der Waals surface area (Å²) in [6.45, 7) is 4.60. The van der Waals surface area contributed by atoms with Gasteiger partial charge < -0.3 is 1.43 Å². The minimum atomic E-state index is 0. The fourth-order valence-electron chi connectivity index (χ4n) is 5.44. The van der Waals surface area contributed by atoms with Crippen LogP contribution in [0.5, 0.6) is 0 Å². The molecule has 0 aliphatic rings. The van der Waals surface area contributed by atoms with Crippen LogP contribution in [0.3, 0.4) is 0 Å². The molecule has 0 saturated heterocycles. The molecule has 0 aliphatic heterocycles. The molecule has 0 N–H and O–H groups in total. The van der Waals surface area contributed by atoms with Crippen molar-refractivity contribution in [3.8, 4) is 0 Å². The smallest absolute Gasteiger partial charge is 1.00 e. The Morgan fingerprint density at radius 1 is 0.333 bits per heavy atom. The molecule has 0 bridgehead atoms. The molecule has 0 saturated carbocycles. The molecule has 0 heterocycles. The molecule has 0 rings (SSSR count). The molecule has 0 amide bonds. The van der Waals surface area contributed by atoms with Crippen LogP contribution in [0.15, 0.2) is 0 Å². The van der Waals surface area contributed by atoms with E-state index in [1.165, 1.54) is 199 Å². The molecule has 0 radical (unpaired) electrons. The maximum Gasteiger partial charge on any atom is 1.00 e. The summed E-state index contributed by atoms with van der Waals surface area (Å²) in [4.78, 5) is 0. The Morgan fingerprint density at radius 3 is 0.694 bits per heavy atom. The van der Waals surface area contributed by atoms with Gasteiger partial charge in [0.2, 0.25) is 0 Å². The van der Waals surface area contributed by atoms with Gasteiger partial charge in [-0.05, 0) is 12.8 Å². The second kappa shape index (κ2) is 36.3. The molecule has 2 heteroatoms. The molecular formula is C34H70ClNa. The van der Waals surface area contributed by atoms with Gasteiger partial charge in [0.25, 0.3) is 0 Å². The average Bonchev–Trinajstić information content (AvgIpc) is 2.86. The Bertz CT molecular complexity index is 366. The van der Waals surface area contributed by atoms with Crippen LogP contribution in [0.2, 0.25) is 0 Å². The molecule has 0 aromatic heterocycles. The maximum absolute atomic E-state index is 6.59. The molecule has 0 aromatic carbocycles. The quantitative estimate of drug-likeness (QED) is 0.0469. The van der Waals surface area contributed by atoms with Gasteiger partial charge in [-0.3, -0.25) is 0 Å². The van der Waals surface area contributed by atoms with Gasteiger partial charge in [0.1, 0.15) is 0 Å². The van der Waals surface area contributed by atoms with Crippen molar-refractivity contribution >= 4 is 11.6 Å². The number of hydrogen-bond donors (Lipinski definition) is 0. The third kappa shape index (κ3) is 35.3. The maximum atomic E-state index is 6.59. The molecule has 1 atom stereocenters. The fourth-order valence-corrected chi connectivity index (χ4v) is 5.75. The van der Waals surface area contributed by atoms with Gasteiger partial charge in [-0.25, -0.2) is 0 Å². The van der Waals surface area contributed by atoms with Gasteiger partial charge in [-0.15, -0.1) is 11.6 Å². The average molecular weight is 537 g/mol. The predicted molar refractivity (Wildman–Crippen MR) is 165 cm³/mol. The predicted octanol–water partition coefficient (Wildman–Crippen LogP) is 10.8. The molecule has 214 valence electrons. The second-order valence-corrected chi connectivity index (χ2v) is 12.3. The number of hydrogen-bond acceptors (Lipinski definition) is 0. The Hall–Kier alpha value is 1.29. The topological polar surface area (TPSA) is 0 Å². The Kier molecular flexibility index (Phi) is 39.8. The van der Waals surface area contributed by atoms with Crippen LogP contribution in [0, 0.1) is 0 Å². The third-order valence-electron chi connectivity index (χ3n) is 7.99. The molecule has 0 aromatic rings. The first-order valence-corrected chi connectivity index (χ1v) is 17.4. The summed E-state index contributed by atoms with van der Waals surface area (Å²) in [6, 6.07) is 0. The van der Waals surface area contributed by atoms with Gasteiger partial charge in [-0.1, -0.05) is 200 Å². The third-order valence-corrected chi connectivity index (χ3v) is 8.43. The summed E-state index contributed by atoms with van der Waals surface area (Å²) in [5, 5.41) is 0.439. The van der Waals surface area contributed by atoms with Gasteiger partial charge in [0.15, 0.2) is 0 Å². The van der Waals surface area contributed by atoms with E-state index in [1.807, 2.05) is 0 Å². The van der Waals surface area contributed by atoms with Gasteiger partial charge >= 0.3 is 29.6 Å².